The lowest BCUT2D eigenvalue weighted by molar-refractivity contribution is 0.280. The Bertz CT molecular complexity index is 826. The van der Waals surface area contributed by atoms with Crippen molar-refractivity contribution in [3.63, 3.8) is 0 Å². The van der Waals surface area contributed by atoms with Crippen LogP contribution in [0.5, 0.6) is 11.5 Å². The molecule has 3 aromatic rings. The van der Waals surface area contributed by atoms with E-state index in [1.807, 2.05) is 48.5 Å². The molecule has 0 aliphatic carbocycles. The van der Waals surface area contributed by atoms with Crippen LogP contribution in [-0.4, -0.2) is 12.1 Å². The van der Waals surface area contributed by atoms with Gasteiger partial charge in [0.2, 0.25) is 0 Å². The van der Waals surface area contributed by atoms with Crippen LogP contribution in [0.2, 0.25) is 0 Å². The average molecular weight is 413 g/mol. The van der Waals surface area contributed by atoms with Gasteiger partial charge in [-0.3, -0.25) is 4.98 Å². The molecule has 0 atom stereocenters. The standard InChI is InChI=1S/C21H21BrN2O2/c1-25-20-12-19(22)11-18(14-24-13-16-7-9-23-10-8-16)21(20)26-15-17-5-3-2-4-6-17/h2-12,24H,13-15H2,1H3. The number of hydrogen-bond donors (Lipinski definition) is 1. The Morgan fingerprint density at radius 2 is 1.73 bits per heavy atom. The Balaban J connectivity index is 1.73. The SMILES string of the molecule is COc1cc(Br)cc(CNCc2ccncc2)c1OCc1ccccc1. The van der Waals surface area contributed by atoms with Gasteiger partial charge in [-0.1, -0.05) is 46.3 Å². The number of nitrogens with one attached hydrogen (secondary N) is 1. The highest BCUT2D eigenvalue weighted by Gasteiger charge is 2.13. The van der Waals surface area contributed by atoms with Gasteiger partial charge in [0, 0.05) is 35.5 Å². The molecular weight excluding hydrogens is 392 g/mol. The highest BCUT2D eigenvalue weighted by molar-refractivity contribution is 9.10. The third kappa shape index (κ3) is 5.07. The molecule has 0 aliphatic heterocycles. The van der Waals surface area contributed by atoms with Crippen molar-refractivity contribution in [3.8, 4) is 11.5 Å². The number of methoxy groups -OCH3 is 1. The van der Waals surface area contributed by atoms with E-state index in [0.29, 0.717) is 13.2 Å². The van der Waals surface area contributed by atoms with Gasteiger partial charge in [0.05, 0.1) is 7.11 Å². The highest BCUT2D eigenvalue weighted by Crippen LogP contribution is 2.35. The number of aromatic nitrogens is 1. The molecule has 2 aromatic carbocycles. The van der Waals surface area contributed by atoms with Gasteiger partial charge >= 0.3 is 0 Å². The molecule has 134 valence electrons. The second kappa shape index (κ2) is 9.36. The van der Waals surface area contributed by atoms with Crippen molar-refractivity contribution in [2.75, 3.05) is 7.11 Å². The van der Waals surface area contributed by atoms with E-state index in [1.54, 1.807) is 19.5 Å². The molecule has 0 saturated carbocycles. The summed E-state index contributed by atoms with van der Waals surface area (Å²) in [6, 6.07) is 18.1. The third-order valence-corrected chi connectivity index (χ3v) is 4.39. The molecule has 0 bridgehead atoms. The second-order valence-electron chi connectivity index (χ2n) is 5.83. The van der Waals surface area contributed by atoms with Crippen molar-refractivity contribution in [1.82, 2.24) is 10.3 Å². The van der Waals surface area contributed by atoms with Gasteiger partial charge in [-0.15, -0.1) is 0 Å². The van der Waals surface area contributed by atoms with Crippen molar-refractivity contribution in [2.24, 2.45) is 0 Å². The summed E-state index contributed by atoms with van der Waals surface area (Å²) in [5.74, 6) is 1.48. The first kappa shape index (κ1) is 18.4. The Morgan fingerprint density at radius 1 is 0.962 bits per heavy atom. The molecule has 0 radical (unpaired) electrons. The number of pyridine rings is 1. The number of hydrogen-bond acceptors (Lipinski definition) is 4. The van der Waals surface area contributed by atoms with Crippen LogP contribution < -0.4 is 14.8 Å². The van der Waals surface area contributed by atoms with E-state index in [9.17, 15) is 0 Å². The van der Waals surface area contributed by atoms with Crippen molar-refractivity contribution >= 4 is 15.9 Å². The normalized spacial score (nSPS) is 10.5. The predicted octanol–water partition coefficient (Wildman–Crippen LogP) is 4.72. The van der Waals surface area contributed by atoms with E-state index in [-0.39, 0.29) is 0 Å². The minimum Gasteiger partial charge on any atom is -0.493 e. The highest BCUT2D eigenvalue weighted by atomic mass is 79.9. The molecule has 4 nitrogen and oxygen atoms in total. The van der Waals surface area contributed by atoms with Crippen molar-refractivity contribution in [1.29, 1.82) is 0 Å². The Labute approximate surface area is 162 Å². The molecule has 1 heterocycles. The van der Waals surface area contributed by atoms with Gasteiger partial charge in [-0.05, 0) is 35.4 Å². The quantitative estimate of drug-likeness (QED) is 0.580. The Kier molecular flexibility index (Phi) is 6.63. The van der Waals surface area contributed by atoms with Crippen molar-refractivity contribution in [3.05, 3.63) is 88.2 Å². The van der Waals surface area contributed by atoms with Crippen molar-refractivity contribution < 1.29 is 9.47 Å². The van der Waals surface area contributed by atoms with Crippen LogP contribution in [0.15, 0.2) is 71.5 Å². The molecule has 26 heavy (non-hydrogen) atoms. The van der Waals surface area contributed by atoms with Crippen LogP contribution in [0.1, 0.15) is 16.7 Å². The zero-order chi connectivity index (χ0) is 18.2. The summed E-state index contributed by atoms with van der Waals surface area (Å²) in [6.45, 7) is 1.92. The minimum absolute atomic E-state index is 0.496. The fraction of sp³-hybridized carbons (Fsp3) is 0.190. The first-order valence-electron chi connectivity index (χ1n) is 8.39. The summed E-state index contributed by atoms with van der Waals surface area (Å²) in [7, 11) is 1.66. The first-order chi connectivity index (χ1) is 12.8. The van der Waals surface area contributed by atoms with Gasteiger partial charge in [0.1, 0.15) is 6.61 Å². The summed E-state index contributed by atoms with van der Waals surface area (Å²) in [6.07, 6.45) is 3.60. The van der Waals surface area contributed by atoms with Crippen molar-refractivity contribution in [2.45, 2.75) is 19.7 Å². The van der Waals surface area contributed by atoms with E-state index in [4.69, 9.17) is 9.47 Å². The molecule has 0 amide bonds. The monoisotopic (exact) mass is 412 g/mol. The zero-order valence-electron chi connectivity index (χ0n) is 14.6. The smallest absolute Gasteiger partial charge is 0.166 e. The molecule has 0 spiro atoms. The molecule has 5 heteroatoms. The molecule has 0 fully saturated rings. The lowest BCUT2D eigenvalue weighted by Gasteiger charge is -2.16. The maximum atomic E-state index is 6.11. The fourth-order valence-electron chi connectivity index (χ4n) is 2.64. The summed E-state index contributed by atoms with van der Waals surface area (Å²) >= 11 is 3.55. The van der Waals surface area contributed by atoms with E-state index < -0.39 is 0 Å². The van der Waals surface area contributed by atoms with E-state index >= 15 is 0 Å². The molecule has 1 aromatic heterocycles. The molecule has 3 rings (SSSR count). The summed E-state index contributed by atoms with van der Waals surface area (Å²) in [4.78, 5) is 4.04. The summed E-state index contributed by atoms with van der Waals surface area (Å²) in [5.41, 5.74) is 3.35. The van der Waals surface area contributed by atoms with Crippen LogP contribution in [0.25, 0.3) is 0 Å². The minimum atomic E-state index is 0.496. The number of benzene rings is 2. The Morgan fingerprint density at radius 3 is 2.46 bits per heavy atom. The van der Waals surface area contributed by atoms with Gasteiger partial charge in [0.15, 0.2) is 11.5 Å². The zero-order valence-corrected chi connectivity index (χ0v) is 16.2. The molecule has 0 saturated heterocycles. The van der Waals surface area contributed by atoms with Crippen LogP contribution in [0.4, 0.5) is 0 Å². The number of nitrogens with zero attached hydrogens (tertiary/aromatic N) is 1. The molecular formula is C21H21BrN2O2. The Hall–Kier alpha value is -2.37. The summed E-state index contributed by atoms with van der Waals surface area (Å²) < 4.78 is 12.6. The fourth-order valence-corrected chi connectivity index (χ4v) is 3.13. The molecule has 0 aliphatic rings. The van der Waals surface area contributed by atoms with Crippen LogP contribution >= 0.6 is 15.9 Å². The van der Waals surface area contributed by atoms with E-state index in [1.165, 1.54) is 5.56 Å². The lowest BCUT2D eigenvalue weighted by Crippen LogP contribution is -2.14. The van der Waals surface area contributed by atoms with Gasteiger partial charge in [-0.2, -0.15) is 0 Å². The number of halogens is 1. The van der Waals surface area contributed by atoms with E-state index in [2.05, 4.69) is 32.3 Å². The van der Waals surface area contributed by atoms with Gasteiger partial charge in [-0.25, -0.2) is 0 Å². The average Bonchev–Trinajstić information content (AvgIpc) is 2.68. The van der Waals surface area contributed by atoms with Gasteiger partial charge in [0.25, 0.3) is 0 Å². The largest absolute Gasteiger partial charge is 0.493 e. The van der Waals surface area contributed by atoms with Crippen LogP contribution in [0.3, 0.4) is 0 Å². The summed E-state index contributed by atoms with van der Waals surface area (Å²) in [5, 5.41) is 3.45. The lowest BCUT2D eigenvalue weighted by atomic mass is 10.1. The number of rotatable bonds is 8. The second-order valence-corrected chi connectivity index (χ2v) is 6.75. The number of ether oxygens (including phenoxy) is 2. The van der Waals surface area contributed by atoms with E-state index in [0.717, 1.165) is 33.6 Å². The third-order valence-electron chi connectivity index (χ3n) is 3.94. The molecule has 0 unspecified atom stereocenters. The maximum Gasteiger partial charge on any atom is 0.166 e. The predicted molar refractivity (Wildman–Crippen MR) is 106 cm³/mol. The first-order valence-corrected chi connectivity index (χ1v) is 9.18. The molecule has 1 N–H and O–H groups in total. The van der Waals surface area contributed by atoms with Crippen LogP contribution in [0, 0.1) is 0 Å². The maximum absolute atomic E-state index is 6.11. The topological polar surface area (TPSA) is 43.4 Å². The van der Waals surface area contributed by atoms with Gasteiger partial charge < -0.3 is 14.8 Å². The van der Waals surface area contributed by atoms with Crippen LogP contribution in [-0.2, 0) is 19.7 Å².